The summed E-state index contributed by atoms with van der Waals surface area (Å²) in [6, 6.07) is 1.64. The Morgan fingerprint density at radius 2 is 2.00 bits per heavy atom. The van der Waals surface area contributed by atoms with Gasteiger partial charge in [-0.2, -0.15) is 18.2 Å². The number of nitrogens with zero attached hydrogens (tertiary/aromatic N) is 2. The molecule has 0 aromatic carbocycles. The number of rotatable bonds is 7. The maximum Gasteiger partial charge on any atom is 0.389 e. The van der Waals surface area contributed by atoms with Crippen molar-refractivity contribution in [2.45, 2.75) is 39.3 Å². The molecule has 1 N–H and O–H groups in total. The molecule has 0 aliphatic carbocycles. The fourth-order valence-electron chi connectivity index (χ4n) is 1.52. The van der Waals surface area contributed by atoms with Crippen molar-refractivity contribution >= 4 is 5.82 Å². The van der Waals surface area contributed by atoms with Gasteiger partial charge in [0.25, 0.3) is 0 Å². The molecular formula is C12H18F3N3O. The van der Waals surface area contributed by atoms with Crippen LogP contribution in [0.3, 0.4) is 0 Å². The monoisotopic (exact) mass is 277 g/mol. The maximum atomic E-state index is 11.9. The summed E-state index contributed by atoms with van der Waals surface area (Å²) in [6.07, 6.45) is -4.28. The summed E-state index contributed by atoms with van der Waals surface area (Å²) >= 11 is 0. The van der Waals surface area contributed by atoms with Gasteiger partial charge in [0.05, 0.1) is 6.61 Å². The summed E-state index contributed by atoms with van der Waals surface area (Å²) < 4.78 is 41.1. The second kappa shape index (κ2) is 7.16. The summed E-state index contributed by atoms with van der Waals surface area (Å²) in [5.74, 6) is 1.60. The van der Waals surface area contributed by atoms with Crippen molar-refractivity contribution in [2.75, 3.05) is 18.5 Å². The molecule has 108 valence electrons. The molecule has 0 saturated heterocycles. The molecule has 19 heavy (non-hydrogen) atoms. The average Bonchev–Trinajstić information content (AvgIpc) is 2.26. The predicted octanol–water partition coefficient (Wildman–Crippen LogP) is 3.33. The molecule has 0 bridgehead atoms. The third-order valence-electron chi connectivity index (χ3n) is 2.30. The van der Waals surface area contributed by atoms with Crippen molar-refractivity contribution < 1.29 is 17.9 Å². The molecule has 0 aliphatic rings. The number of aromatic nitrogens is 2. The zero-order valence-corrected chi connectivity index (χ0v) is 11.0. The van der Waals surface area contributed by atoms with Crippen molar-refractivity contribution in [3.8, 4) is 5.88 Å². The van der Waals surface area contributed by atoms with Gasteiger partial charge in [-0.25, -0.2) is 4.98 Å². The highest BCUT2D eigenvalue weighted by Crippen LogP contribution is 2.22. The Labute approximate surface area is 110 Å². The molecule has 0 radical (unpaired) electrons. The number of ether oxygens (including phenoxy) is 1. The largest absolute Gasteiger partial charge is 0.478 e. The van der Waals surface area contributed by atoms with Gasteiger partial charge in [0.1, 0.15) is 11.6 Å². The van der Waals surface area contributed by atoms with Gasteiger partial charge < -0.3 is 10.1 Å². The Balaban J connectivity index is 2.36. The fourth-order valence-corrected chi connectivity index (χ4v) is 1.52. The van der Waals surface area contributed by atoms with Crippen LogP contribution in [0.4, 0.5) is 19.0 Å². The maximum absolute atomic E-state index is 11.9. The SMILES string of the molecule is CCOc1cc(NCCCCC(F)(F)F)nc(C)n1. The summed E-state index contributed by atoms with van der Waals surface area (Å²) in [5.41, 5.74) is 0. The minimum Gasteiger partial charge on any atom is -0.478 e. The van der Waals surface area contributed by atoms with Crippen LogP contribution < -0.4 is 10.1 Å². The Kier molecular flexibility index (Phi) is 5.85. The molecule has 0 atom stereocenters. The van der Waals surface area contributed by atoms with Crippen LogP contribution >= 0.6 is 0 Å². The van der Waals surface area contributed by atoms with Gasteiger partial charge in [-0.15, -0.1) is 0 Å². The molecule has 1 aromatic heterocycles. The van der Waals surface area contributed by atoms with E-state index >= 15 is 0 Å². The van der Waals surface area contributed by atoms with Gasteiger partial charge in [0, 0.05) is 19.0 Å². The highest BCUT2D eigenvalue weighted by Gasteiger charge is 2.25. The molecule has 0 unspecified atom stereocenters. The van der Waals surface area contributed by atoms with E-state index < -0.39 is 12.6 Å². The molecule has 1 aromatic rings. The van der Waals surface area contributed by atoms with Crippen molar-refractivity contribution in [1.29, 1.82) is 0 Å². The van der Waals surface area contributed by atoms with Crippen molar-refractivity contribution in [1.82, 2.24) is 9.97 Å². The molecule has 1 rings (SSSR count). The zero-order chi connectivity index (χ0) is 14.3. The molecule has 0 fully saturated rings. The third kappa shape index (κ3) is 6.83. The number of alkyl halides is 3. The lowest BCUT2D eigenvalue weighted by atomic mass is 10.2. The number of unbranched alkanes of at least 4 members (excludes halogenated alkanes) is 1. The second-order valence-corrected chi connectivity index (χ2v) is 4.07. The average molecular weight is 277 g/mol. The number of nitrogens with one attached hydrogen (secondary N) is 1. The smallest absolute Gasteiger partial charge is 0.389 e. The van der Waals surface area contributed by atoms with Gasteiger partial charge in [0.2, 0.25) is 5.88 Å². The minimum absolute atomic E-state index is 0.110. The van der Waals surface area contributed by atoms with Crippen LogP contribution in [-0.2, 0) is 0 Å². The summed E-state index contributed by atoms with van der Waals surface area (Å²) in [7, 11) is 0. The first-order chi connectivity index (χ1) is 8.90. The van der Waals surface area contributed by atoms with E-state index in [0.29, 0.717) is 37.1 Å². The Morgan fingerprint density at radius 1 is 1.26 bits per heavy atom. The first-order valence-corrected chi connectivity index (χ1v) is 6.20. The molecule has 0 saturated carbocycles. The third-order valence-corrected chi connectivity index (χ3v) is 2.30. The van der Waals surface area contributed by atoms with Gasteiger partial charge in [-0.05, 0) is 26.7 Å². The molecule has 0 spiro atoms. The first kappa shape index (κ1) is 15.5. The molecule has 4 nitrogen and oxygen atoms in total. The molecule has 7 heteroatoms. The van der Waals surface area contributed by atoms with E-state index in [4.69, 9.17) is 4.74 Å². The summed E-state index contributed by atoms with van der Waals surface area (Å²) in [6.45, 7) is 4.53. The van der Waals surface area contributed by atoms with E-state index in [-0.39, 0.29) is 6.42 Å². The normalized spacial score (nSPS) is 11.4. The highest BCUT2D eigenvalue weighted by atomic mass is 19.4. The van der Waals surface area contributed by atoms with Crippen molar-refractivity contribution in [3.63, 3.8) is 0 Å². The lowest BCUT2D eigenvalue weighted by molar-refractivity contribution is -0.135. The number of anilines is 1. The minimum atomic E-state index is -4.08. The van der Waals surface area contributed by atoms with Crippen molar-refractivity contribution in [3.05, 3.63) is 11.9 Å². The highest BCUT2D eigenvalue weighted by molar-refractivity contribution is 5.38. The Bertz CT molecular complexity index is 396. The molecule has 1 heterocycles. The van der Waals surface area contributed by atoms with E-state index in [9.17, 15) is 13.2 Å². The van der Waals surface area contributed by atoms with Crippen LogP contribution in [0.1, 0.15) is 32.0 Å². The second-order valence-electron chi connectivity index (χ2n) is 4.07. The van der Waals surface area contributed by atoms with Crippen LogP contribution in [0, 0.1) is 6.92 Å². The molecule has 0 amide bonds. The Morgan fingerprint density at radius 3 is 2.63 bits per heavy atom. The number of hydrogen-bond donors (Lipinski definition) is 1. The van der Waals surface area contributed by atoms with Gasteiger partial charge in [0.15, 0.2) is 0 Å². The van der Waals surface area contributed by atoms with Gasteiger partial charge >= 0.3 is 6.18 Å². The van der Waals surface area contributed by atoms with Crippen LogP contribution in [0.5, 0.6) is 5.88 Å². The fraction of sp³-hybridized carbons (Fsp3) is 0.667. The van der Waals surface area contributed by atoms with Gasteiger partial charge in [-0.1, -0.05) is 0 Å². The van der Waals surface area contributed by atoms with E-state index in [1.807, 2.05) is 6.92 Å². The van der Waals surface area contributed by atoms with E-state index in [1.54, 1.807) is 13.0 Å². The quantitative estimate of drug-likeness (QED) is 0.777. The van der Waals surface area contributed by atoms with E-state index in [2.05, 4.69) is 15.3 Å². The number of hydrogen-bond acceptors (Lipinski definition) is 4. The summed E-state index contributed by atoms with van der Waals surface area (Å²) in [5, 5.41) is 2.97. The van der Waals surface area contributed by atoms with Crippen LogP contribution in [0.2, 0.25) is 0 Å². The molecular weight excluding hydrogens is 259 g/mol. The van der Waals surface area contributed by atoms with Crippen molar-refractivity contribution in [2.24, 2.45) is 0 Å². The summed E-state index contributed by atoms with van der Waals surface area (Å²) in [4.78, 5) is 8.22. The van der Waals surface area contributed by atoms with Crippen LogP contribution in [0.15, 0.2) is 6.07 Å². The topological polar surface area (TPSA) is 47.0 Å². The van der Waals surface area contributed by atoms with Gasteiger partial charge in [-0.3, -0.25) is 0 Å². The number of aryl methyl sites for hydroxylation is 1. The van der Waals surface area contributed by atoms with E-state index in [1.165, 1.54) is 0 Å². The number of halogens is 3. The predicted molar refractivity (Wildman–Crippen MR) is 66.3 cm³/mol. The molecule has 0 aliphatic heterocycles. The lowest BCUT2D eigenvalue weighted by Gasteiger charge is -2.09. The Hall–Kier alpha value is -1.53. The van der Waals surface area contributed by atoms with Crippen LogP contribution in [-0.4, -0.2) is 29.3 Å². The standard InChI is InChI=1S/C12H18F3N3O/c1-3-19-11-8-10(17-9(2)18-11)16-7-5-4-6-12(13,14)15/h8H,3-7H2,1-2H3,(H,16,17,18). The van der Waals surface area contributed by atoms with E-state index in [0.717, 1.165) is 0 Å². The first-order valence-electron chi connectivity index (χ1n) is 6.20. The zero-order valence-electron chi connectivity index (χ0n) is 11.0. The van der Waals surface area contributed by atoms with Crippen LogP contribution in [0.25, 0.3) is 0 Å². The lowest BCUT2D eigenvalue weighted by Crippen LogP contribution is -2.09.